The lowest BCUT2D eigenvalue weighted by molar-refractivity contribution is -0.147. The Bertz CT molecular complexity index is 671. The summed E-state index contributed by atoms with van der Waals surface area (Å²) in [5.41, 5.74) is -1.41. The number of amides is 2. The van der Waals surface area contributed by atoms with Crippen molar-refractivity contribution in [3.05, 3.63) is 35.6 Å². The van der Waals surface area contributed by atoms with Crippen LogP contribution in [0.15, 0.2) is 24.3 Å². The zero-order chi connectivity index (χ0) is 19.3. The second-order valence-corrected chi connectivity index (χ2v) is 7.08. The molecule has 0 aliphatic heterocycles. The predicted molar refractivity (Wildman–Crippen MR) is 93.7 cm³/mol. The summed E-state index contributed by atoms with van der Waals surface area (Å²) in [6.45, 7) is 3.06. The molecule has 1 saturated carbocycles. The number of aliphatic carboxylic acids is 1. The van der Waals surface area contributed by atoms with Crippen molar-refractivity contribution in [2.75, 3.05) is 0 Å². The van der Waals surface area contributed by atoms with Crippen molar-refractivity contribution in [2.45, 2.75) is 57.5 Å². The molecule has 1 aromatic carbocycles. The quantitative estimate of drug-likeness (QED) is 0.692. The summed E-state index contributed by atoms with van der Waals surface area (Å²) in [6.07, 6.45) is 3.78. The van der Waals surface area contributed by atoms with Gasteiger partial charge in [-0.25, -0.2) is 9.18 Å². The fourth-order valence-corrected chi connectivity index (χ4v) is 3.24. The lowest BCUT2D eigenvalue weighted by Crippen LogP contribution is -2.51. The van der Waals surface area contributed by atoms with Gasteiger partial charge in [-0.05, 0) is 44.4 Å². The summed E-state index contributed by atoms with van der Waals surface area (Å²) in [5.74, 6) is -2.29. The standard InChI is InChI=1S/C19H25FN2O4/c1-12(21-17(24)13-5-3-4-6-13)11-16(23)22-19(2,18(25)26)14-7-9-15(20)10-8-14/h7-10,12-13H,3-6,11H2,1-2H3,(H,21,24)(H,22,23)(H,25,26). The van der Waals surface area contributed by atoms with Gasteiger partial charge in [0.25, 0.3) is 0 Å². The molecule has 26 heavy (non-hydrogen) atoms. The van der Waals surface area contributed by atoms with E-state index >= 15 is 0 Å². The number of nitrogens with one attached hydrogen (secondary N) is 2. The highest BCUT2D eigenvalue weighted by molar-refractivity contribution is 5.88. The number of carbonyl (C=O) groups excluding carboxylic acids is 2. The first-order valence-corrected chi connectivity index (χ1v) is 8.83. The van der Waals surface area contributed by atoms with E-state index < -0.39 is 29.3 Å². The third kappa shape index (κ3) is 4.80. The van der Waals surface area contributed by atoms with E-state index in [-0.39, 0.29) is 23.8 Å². The number of hydrogen-bond acceptors (Lipinski definition) is 3. The van der Waals surface area contributed by atoms with Crippen LogP contribution in [0.1, 0.15) is 51.5 Å². The molecule has 1 aromatic rings. The molecule has 1 fully saturated rings. The fraction of sp³-hybridized carbons (Fsp3) is 0.526. The van der Waals surface area contributed by atoms with Crippen LogP contribution in [0.3, 0.4) is 0 Å². The molecule has 0 spiro atoms. The Labute approximate surface area is 152 Å². The number of halogens is 1. The molecule has 0 radical (unpaired) electrons. The summed E-state index contributed by atoms with van der Waals surface area (Å²) < 4.78 is 13.1. The maximum atomic E-state index is 13.1. The molecule has 3 N–H and O–H groups in total. The average molecular weight is 364 g/mol. The Morgan fingerprint density at radius 1 is 1.23 bits per heavy atom. The van der Waals surface area contributed by atoms with Crippen LogP contribution < -0.4 is 10.6 Å². The molecule has 2 atom stereocenters. The second-order valence-electron chi connectivity index (χ2n) is 7.08. The third-order valence-corrected chi connectivity index (χ3v) is 4.84. The van der Waals surface area contributed by atoms with Crippen LogP contribution in [0.4, 0.5) is 4.39 Å². The summed E-state index contributed by atoms with van der Waals surface area (Å²) in [4.78, 5) is 36.1. The van der Waals surface area contributed by atoms with Crippen molar-refractivity contribution in [2.24, 2.45) is 5.92 Å². The Kier molecular flexibility index (Phi) is 6.34. The number of carboxylic acid groups (broad SMARTS) is 1. The van der Waals surface area contributed by atoms with Crippen LogP contribution >= 0.6 is 0 Å². The van der Waals surface area contributed by atoms with E-state index in [0.717, 1.165) is 37.8 Å². The van der Waals surface area contributed by atoms with Crippen molar-refractivity contribution < 1.29 is 23.9 Å². The average Bonchev–Trinajstić information content (AvgIpc) is 3.09. The van der Waals surface area contributed by atoms with E-state index in [9.17, 15) is 23.9 Å². The van der Waals surface area contributed by atoms with Gasteiger partial charge in [0.15, 0.2) is 5.54 Å². The highest BCUT2D eigenvalue weighted by Crippen LogP contribution is 2.25. The predicted octanol–water partition coefficient (Wildman–Crippen LogP) is 2.33. The van der Waals surface area contributed by atoms with Crippen molar-refractivity contribution in [3.8, 4) is 0 Å². The highest BCUT2D eigenvalue weighted by atomic mass is 19.1. The minimum atomic E-state index is -1.68. The molecule has 142 valence electrons. The number of hydrogen-bond donors (Lipinski definition) is 3. The lowest BCUT2D eigenvalue weighted by atomic mass is 9.91. The molecule has 6 nitrogen and oxygen atoms in total. The molecule has 0 bridgehead atoms. The van der Waals surface area contributed by atoms with E-state index in [1.54, 1.807) is 6.92 Å². The Hall–Kier alpha value is -2.44. The summed E-state index contributed by atoms with van der Waals surface area (Å²) in [7, 11) is 0. The molecule has 0 heterocycles. The van der Waals surface area contributed by atoms with Gasteiger partial charge in [0.05, 0.1) is 0 Å². The van der Waals surface area contributed by atoms with Crippen molar-refractivity contribution in [1.82, 2.24) is 10.6 Å². The molecule has 2 unspecified atom stereocenters. The summed E-state index contributed by atoms with van der Waals surface area (Å²) >= 11 is 0. The minimum absolute atomic E-state index is 0.00371. The first kappa shape index (κ1) is 19.9. The van der Waals surface area contributed by atoms with E-state index in [1.807, 2.05) is 0 Å². The molecular formula is C19H25FN2O4. The van der Waals surface area contributed by atoms with Gasteiger partial charge in [-0.15, -0.1) is 0 Å². The summed E-state index contributed by atoms with van der Waals surface area (Å²) in [6, 6.07) is 4.54. The van der Waals surface area contributed by atoms with E-state index in [4.69, 9.17) is 0 Å². The number of benzene rings is 1. The first-order chi connectivity index (χ1) is 12.2. The fourth-order valence-electron chi connectivity index (χ4n) is 3.24. The lowest BCUT2D eigenvalue weighted by Gasteiger charge is -2.27. The van der Waals surface area contributed by atoms with Gasteiger partial charge in [-0.2, -0.15) is 0 Å². The SMILES string of the molecule is CC(CC(=O)NC(C)(C(=O)O)c1ccc(F)cc1)NC(=O)C1CCCC1. The molecule has 0 saturated heterocycles. The second kappa shape index (κ2) is 8.29. The molecule has 2 amide bonds. The van der Waals surface area contributed by atoms with Crippen LogP contribution in [-0.4, -0.2) is 28.9 Å². The minimum Gasteiger partial charge on any atom is -0.479 e. The van der Waals surface area contributed by atoms with Gasteiger partial charge in [-0.1, -0.05) is 25.0 Å². The maximum absolute atomic E-state index is 13.1. The van der Waals surface area contributed by atoms with Crippen LogP contribution in [0.25, 0.3) is 0 Å². The molecule has 1 aliphatic carbocycles. The molecule has 2 rings (SSSR count). The molecule has 1 aliphatic rings. The van der Waals surface area contributed by atoms with Crippen LogP contribution in [0.2, 0.25) is 0 Å². The topological polar surface area (TPSA) is 95.5 Å². The van der Waals surface area contributed by atoms with Crippen molar-refractivity contribution in [3.63, 3.8) is 0 Å². The first-order valence-electron chi connectivity index (χ1n) is 8.83. The Balaban J connectivity index is 1.97. The van der Waals surface area contributed by atoms with Crippen molar-refractivity contribution >= 4 is 17.8 Å². The van der Waals surface area contributed by atoms with Crippen LogP contribution in [-0.2, 0) is 19.9 Å². The van der Waals surface area contributed by atoms with E-state index in [2.05, 4.69) is 10.6 Å². The number of carboxylic acids is 1. The van der Waals surface area contributed by atoms with Crippen molar-refractivity contribution in [1.29, 1.82) is 0 Å². The van der Waals surface area contributed by atoms with Gasteiger partial charge in [0.2, 0.25) is 11.8 Å². The smallest absolute Gasteiger partial charge is 0.333 e. The van der Waals surface area contributed by atoms with E-state index in [1.165, 1.54) is 19.1 Å². The maximum Gasteiger partial charge on any atom is 0.333 e. The van der Waals surface area contributed by atoms with E-state index in [0.29, 0.717) is 0 Å². The molecule has 7 heteroatoms. The normalized spacial score (nSPS) is 18.0. The monoisotopic (exact) mass is 364 g/mol. The van der Waals surface area contributed by atoms with Crippen LogP contribution in [0, 0.1) is 11.7 Å². The number of carbonyl (C=O) groups is 3. The highest BCUT2D eigenvalue weighted by Gasteiger charge is 2.37. The zero-order valence-electron chi connectivity index (χ0n) is 15.0. The molecule has 0 aromatic heterocycles. The Morgan fingerprint density at radius 2 is 1.81 bits per heavy atom. The van der Waals surface area contributed by atoms with Crippen LogP contribution in [0.5, 0.6) is 0 Å². The number of rotatable bonds is 7. The molecular weight excluding hydrogens is 339 g/mol. The van der Waals surface area contributed by atoms with Gasteiger partial charge in [-0.3, -0.25) is 9.59 Å². The van der Waals surface area contributed by atoms with Gasteiger partial charge < -0.3 is 15.7 Å². The summed E-state index contributed by atoms with van der Waals surface area (Å²) in [5, 5.41) is 14.9. The van der Waals surface area contributed by atoms with Gasteiger partial charge >= 0.3 is 5.97 Å². The van der Waals surface area contributed by atoms with Gasteiger partial charge in [0.1, 0.15) is 5.82 Å². The van der Waals surface area contributed by atoms with Gasteiger partial charge in [0, 0.05) is 18.4 Å². The largest absolute Gasteiger partial charge is 0.479 e. The third-order valence-electron chi connectivity index (χ3n) is 4.84. The Morgan fingerprint density at radius 3 is 2.35 bits per heavy atom. The zero-order valence-corrected chi connectivity index (χ0v) is 15.0.